The maximum atomic E-state index is 5.90. The number of ether oxygens (including phenoxy) is 2. The second-order valence-corrected chi connectivity index (χ2v) is 13.0. The molecule has 0 bridgehead atoms. The van der Waals surface area contributed by atoms with E-state index in [-0.39, 0.29) is 0 Å². The second-order valence-electron chi connectivity index (χ2n) is 13.0. The van der Waals surface area contributed by atoms with E-state index in [9.17, 15) is 0 Å². The fourth-order valence-electron chi connectivity index (χ4n) is 9.62. The molecule has 2 spiro atoms. The van der Waals surface area contributed by atoms with E-state index in [1.54, 1.807) is 64.2 Å². The minimum Gasteiger partial charge on any atom is -0.379 e. The lowest BCUT2D eigenvalue weighted by molar-refractivity contribution is -0.111. The largest absolute Gasteiger partial charge is 0.379 e. The van der Waals surface area contributed by atoms with E-state index in [4.69, 9.17) is 9.47 Å². The van der Waals surface area contributed by atoms with Crippen molar-refractivity contribution in [3.8, 4) is 0 Å². The molecular formula is C30H52O2. The standard InChI is InChI=1S/C30H52O2/c1-3-31-27-9-5-23(6-10-27)25-13-17-29(18-14-25)21-30(22-29)19-15-26(16-20-30)24-7-11-28(12-8-24)32-4-2/h23-28H,3-22H2,1-2H3. The van der Waals surface area contributed by atoms with Gasteiger partial charge in [-0.25, -0.2) is 0 Å². The first kappa shape index (κ1) is 23.7. The predicted molar refractivity (Wildman–Crippen MR) is 133 cm³/mol. The summed E-state index contributed by atoms with van der Waals surface area (Å²) in [6.07, 6.45) is 27.9. The van der Waals surface area contributed by atoms with Gasteiger partial charge in [0.05, 0.1) is 12.2 Å². The summed E-state index contributed by atoms with van der Waals surface area (Å²) in [5, 5.41) is 0. The Morgan fingerprint density at radius 2 is 0.781 bits per heavy atom. The first-order valence-electron chi connectivity index (χ1n) is 14.9. The lowest BCUT2D eigenvalue weighted by Gasteiger charge is -2.62. The summed E-state index contributed by atoms with van der Waals surface area (Å²) in [6, 6.07) is 0. The Hall–Kier alpha value is -0.0800. The Bertz CT molecular complexity index is 508. The molecule has 0 aromatic rings. The van der Waals surface area contributed by atoms with Gasteiger partial charge in [0.15, 0.2) is 0 Å². The summed E-state index contributed by atoms with van der Waals surface area (Å²) in [5.74, 6) is 4.13. The molecule has 5 aliphatic carbocycles. The molecule has 0 unspecified atom stereocenters. The molecule has 2 heteroatoms. The van der Waals surface area contributed by atoms with Crippen molar-refractivity contribution in [2.75, 3.05) is 13.2 Å². The Labute approximate surface area is 199 Å². The van der Waals surface area contributed by atoms with Crippen LogP contribution >= 0.6 is 0 Å². The van der Waals surface area contributed by atoms with Gasteiger partial charge in [0, 0.05) is 13.2 Å². The van der Waals surface area contributed by atoms with Gasteiger partial charge in [-0.2, -0.15) is 0 Å². The molecule has 0 aromatic carbocycles. The quantitative estimate of drug-likeness (QED) is 0.410. The van der Waals surface area contributed by atoms with Crippen molar-refractivity contribution in [2.45, 2.75) is 142 Å². The minimum absolute atomic E-state index is 0.576. The van der Waals surface area contributed by atoms with Gasteiger partial charge in [0.2, 0.25) is 0 Å². The molecule has 0 atom stereocenters. The van der Waals surface area contributed by atoms with Crippen molar-refractivity contribution in [3.63, 3.8) is 0 Å². The Kier molecular flexibility index (Phi) is 7.59. The van der Waals surface area contributed by atoms with Crippen molar-refractivity contribution in [1.29, 1.82) is 0 Å². The molecule has 5 aliphatic rings. The van der Waals surface area contributed by atoms with Crippen molar-refractivity contribution in [1.82, 2.24) is 0 Å². The molecular weight excluding hydrogens is 392 g/mol. The third kappa shape index (κ3) is 5.12. The van der Waals surface area contributed by atoms with Crippen LogP contribution in [0.5, 0.6) is 0 Å². The normalized spacial score (nSPS) is 47.4. The van der Waals surface area contributed by atoms with Gasteiger partial charge in [-0.05, 0) is 164 Å². The monoisotopic (exact) mass is 444 g/mol. The van der Waals surface area contributed by atoms with Crippen LogP contribution in [0.25, 0.3) is 0 Å². The highest BCUT2D eigenvalue weighted by molar-refractivity contribution is 5.07. The molecule has 0 aromatic heterocycles. The molecule has 0 N–H and O–H groups in total. The summed E-state index contributed by atoms with van der Waals surface area (Å²) < 4.78 is 11.8. The first-order chi connectivity index (χ1) is 15.6. The number of hydrogen-bond donors (Lipinski definition) is 0. The maximum absolute atomic E-state index is 5.90. The van der Waals surface area contributed by atoms with Gasteiger partial charge in [-0.3, -0.25) is 0 Å². The van der Waals surface area contributed by atoms with E-state index < -0.39 is 0 Å². The predicted octanol–water partition coefficient (Wildman–Crippen LogP) is 8.32. The molecule has 0 saturated heterocycles. The van der Waals surface area contributed by atoms with Gasteiger partial charge in [-0.15, -0.1) is 0 Å². The van der Waals surface area contributed by atoms with E-state index >= 15 is 0 Å². The highest BCUT2D eigenvalue weighted by atomic mass is 16.5. The summed E-state index contributed by atoms with van der Waals surface area (Å²) in [4.78, 5) is 0. The van der Waals surface area contributed by atoms with E-state index in [0.717, 1.165) is 47.7 Å². The zero-order chi connectivity index (χ0) is 22.0. The topological polar surface area (TPSA) is 18.5 Å². The van der Waals surface area contributed by atoms with Crippen LogP contribution in [0.1, 0.15) is 129 Å². The molecule has 0 radical (unpaired) electrons. The van der Waals surface area contributed by atoms with Gasteiger partial charge in [0.1, 0.15) is 0 Å². The molecule has 2 nitrogen and oxygen atoms in total. The van der Waals surface area contributed by atoms with Gasteiger partial charge < -0.3 is 9.47 Å². The Morgan fingerprint density at radius 3 is 1.09 bits per heavy atom. The van der Waals surface area contributed by atoms with E-state index in [1.807, 2.05) is 0 Å². The lowest BCUT2D eigenvalue weighted by Crippen LogP contribution is -2.50. The van der Waals surface area contributed by atoms with Crippen LogP contribution in [0.15, 0.2) is 0 Å². The third-order valence-corrected chi connectivity index (χ3v) is 11.3. The van der Waals surface area contributed by atoms with Crippen molar-refractivity contribution in [2.24, 2.45) is 34.5 Å². The SMILES string of the molecule is CCOC1CCC(C2CCC3(CC2)CC2(CCC(C4CCC(OCC)CC4)CC2)C3)CC1. The Morgan fingerprint density at radius 1 is 0.469 bits per heavy atom. The molecule has 0 aliphatic heterocycles. The zero-order valence-corrected chi connectivity index (χ0v) is 21.4. The van der Waals surface area contributed by atoms with E-state index in [1.165, 1.54) is 51.4 Å². The third-order valence-electron chi connectivity index (χ3n) is 11.3. The smallest absolute Gasteiger partial charge is 0.0575 e. The highest BCUT2D eigenvalue weighted by Crippen LogP contribution is 2.67. The van der Waals surface area contributed by atoms with Crippen LogP contribution < -0.4 is 0 Å². The lowest BCUT2D eigenvalue weighted by atomic mass is 9.43. The van der Waals surface area contributed by atoms with E-state index in [2.05, 4.69) is 13.8 Å². The van der Waals surface area contributed by atoms with Gasteiger partial charge >= 0.3 is 0 Å². The van der Waals surface area contributed by atoms with Crippen molar-refractivity contribution >= 4 is 0 Å². The summed E-state index contributed by atoms with van der Waals surface area (Å²) in [5.41, 5.74) is 1.56. The minimum atomic E-state index is 0.576. The summed E-state index contributed by atoms with van der Waals surface area (Å²) >= 11 is 0. The number of hydrogen-bond acceptors (Lipinski definition) is 2. The first-order valence-corrected chi connectivity index (χ1v) is 14.9. The van der Waals surface area contributed by atoms with Gasteiger partial charge in [-0.1, -0.05) is 0 Å². The maximum Gasteiger partial charge on any atom is 0.0575 e. The van der Waals surface area contributed by atoms with Crippen LogP contribution in [0.4, 0.5) is 0 Å². The molecule has 0 heterocycles. The van der Waals surface area contributed by atoms with Crippen LogP contribution in [-0.4, -0.2) is 25.4 Å². The molecule has 0 amide bonds. The van der Waals surface area contributed by atoms with Gasteiger partial charge in [0.25, 0.3) is 0 Å². The Balaban J connectivity index is 1.02. The summed E-state index contributed by atoms with van der Waals surface area (Å²) in [7, 11) is 0. The average molecular weight is 445 g/mol. The van der Waals surface area contributed by atoms with Crippen molar-refractivity contribution < 1.29 is 9.47 Å². The second kappa shape index (κ2) is 10.3. The van der Waals surface area contributed by atoms with Crippen LogP contribution in [0.2, 0.25) is 0 Å². The van der Waals surface area contributed by atoms with Crippen molar-refractivity contribution in [3.05, 3.63) is 0 Å². The summed E-state index contributed by atoms with van der Waals surface area (Å²) in [6.45, 7) is 6.11. The molecule has 5 saturated carbocycles. The van der Waals surface area contributed by atoms with Crippen LogP contribution in [-0.2, 0) is 9.47 Å². The van der Waals surface area contributed by atoms with E-state index in [0.29, 0.717) is 12.2 Å². The molecule has 5 rings (SSSR count). The molecule has 5 fully saturated rings. The average Bonchev–Trinajstić information content (AvgIpc) is 2.81. The molecule has 32 heavy (non-hydrogen) atoms. The van der Waals surface area contributed by atoms with Crippen LogP contribution in [0, 0.1) is 34.5 Å². The molecule has 184 valence electrons. The number of rotatable bonds is 6. The fraction of sp³-hybridized carbons (Fsp3) is 1.00. The fourth-order valence-corrected chi connectivity index (χ4v) is 9.62. The highest BCUT2D eigenvalue weighted by Gasteiger charge is 2.56. The zero-order valence-electron chi connectivity index (χ0n) is 21.4. The van der Waals surface area contributed by atoms with Crippen LogP contribution in [0.3, 0.4) is 0 Å².